The van der Waals surface area contributed by atoms with Crippen LogP contribution >= 0.6 is 0 Å². The second kappa shape index (κ2) is 36.2. The van der Waals surface area contributed by atoms with E-state index in [1.54, 1.807) is 0 Å². The lowest BCUT2D eigenvalue weighted by Crippen LogP contribution is -2.30. The van der Waals surface area contributed by atoms with Gasteiger partial charge in [0.15, 0.2) is 6.10 Å². The van der Waals surface area contributed by atoms with Gasteiger partial charge in [0.1, 0.15) is 13.2 Å². The van der Waals surface area contributed by atoms with Crippen molar-refractivity contribution < 1.29 is 28.6 Å². The Morgan fingerprint density at radius 3 is 1.30 bits per heavy atom. The number of allylic oxidation sites excluding steroid dienone is 8. The minimum absolute atomic E-state index is 0.108. The first kappa shape index (κ1) is 44.4. The Hall–Kier alpha value is -2.63. The quantitative estimate of drug-likeness (QED) is 0.0229. The summed E-state index contributed by atoms with van der Waals surface area (Å²) in [4.78, 5) is 37.3. The molecule has 0 aliphatic heterocycles. The fourth-order valence-electron chi connectivity index (χ4n) is 4.83. The first-order chi connectivity index (χ1) is 23.0. The number of carbonyl (C=O) groups is 3. The molecule has 0 aromatic carbocycles. The van der Waals surface area contributed by atoms with E-state index in [1.165, 1.54) is 64.2 Å². The van der Waals surface area contributed by atoms with Gasteiger partial charge in [-0.2, -0.15) is 0 Å². The van der Waals surface area contributed by atoms with Gasteiger partial charge in [0.2, 0.25) is 0 Å². The average Bonchev–Trinajstić information content (AvgIpc) is 3.06. The van der Waals surface area contributed by atoms with Crippen molar-refractivity contribution in [1.29, 1.82) is 0 Å². The van der Waals surface area contributed by atoms with Crippen LogP contribution in [0.4, 0.5) is 0 Å². The van der Waals surface area contributed by atoms with Crippen molar-refractivity contribution >= 4 is 17.9 Å². The molecule has 0 saturated heterocycles. The van der Waals surface area contributed by atoms with Crippen LogP contribution in [-0.4, -0.2) is 37.2 Å². The van der Waals surface area contributed by atoms with E-state index in [9.17, 15) is 14.4 Å². The van der Waals surface area contributed by atoms with E-state index >= 15 is 0 Å². The molecule has 0 fully saturated rings. The van der Waals surface area contributed by atoms with Crippen LogP contribution in [0.3, 0.4) is 0 Å². The van der Waals surface area contributed by atoms with E-state index in [-0.39, 0.29) is 37.5 Å². The van der Waals surface area contributed by atoms with Gasteiger partial charge in [0, 0.05) is 19.3 Å². The molecule has 1 atom stereocenters. The van der Waals surface area contributed by atoms with Crippen LogP contribution in [0, 0.1) is 0 Å². The summed E-state index contributed by atoms with van der Waals surface area (Å²) < 4.78 is 16.5. The maximum atomic E-state index is 12.5. The van der Waals surface area contributed by atoms with Gasteiger partial charge in [-0.15, -0.1) is 0 Å². The van der Waals surface area contributed by atoms with Crippen molar-refractivity contribution in [2.75, 3.05) is 13.2 Å². The average molecular weight is 659 g/mol. The minimum Gasteiger partial charge on any atom is -0.462 e. The van der Waals surface area contributed by atoms with Crippen LogP contribution in [-0.2, 0) is 28.6 Å². The molecule has 0 aromatic rings. The van der Waals surface area contributed by atoms with Crippen molar-refractivity contribution in [2.24, 2.45) is 0 Å². The summed E-state index contributed by atoms with van der Waals surface area (Å²) in [7, 11) is 0. The summed E-state index contributed by atoms with van der Waals surface area (Å²) in [5, 5.41) is 0. The molecule has 0 aliphatic carbocycles. The van der Waals surface area contributed by atoms with Gasteiger partial charge in [-0.1, -0.05) is 127 Å². The molecule has 0 amide bonds. The van der Waals surface area contributed by atoms with Gasteiger partial charge < -0.3 is 14.2 Å². The molecule has 0 heterocycles. The highest BCUT2D eigenvalue weighted by molar-refractivity contribution is 5.71. The Labute approximate surface area is 288 Å². The molecule has 0 saturated carbocycles. The number of hydrogen-bond donors (Lipinski definition) is 0. The highest BCUT2D eigenvalue weighted by Crippen LogP contribution is 2.10. The van der Waals surface area contributed by atoms with Gasteiger partial charge in [-0.25, -0.2) is 0 Å². The third-order valence-corrected chi connectivity index (χ3v) is 7.80. The lowest BCUT2D eigenvalue weighted by molar-refractivity contribution is -0.167. The Balaban J connectivity index is 4.50. The van der Waals surface area contributed by atoms with Crippen LogP contribution in [0.25, 0.3) is 0 Å². The third kappa shape index (κ3) is 34.5. The molecule has 1 unspecified atom stereocenters. The summed E-state index contributed by atoms with van der Waals surface area (Å²) in [6.45, 7) is 6.40. The standard InChI is InChI=1S/C41H70O6/c1-4-7-10-13-16-19-20-23-25-28-31-34-40(43)46-37-38(47-41(44)35-32-29-26-22-18-15-12-9-6-3)36-45-39(42)33-30-27-24-21-17-14-11-8-5-2/h13,16,19-22,24,26,38H,4-12,14-15,17-18,23,25,27-37H2,1-3H3/b16-13-,20-19-,24-21-,26-22-. The summed E-state index contributed by atoms with van der Waals surface area (Å²) in [6.07, 6.45) is 39.7. The molecule has 0 bridgehead atoms. The zero-order chi connectivity index (χ0) is 34.5. The van der Waals surface area contributed by atoms with E-state index in [0.717, 1.165) is 57.8 Å². The van der Waals surface area contributed by atoms with Gasteiger partial charge in [-0.05, 0) is 77.0 Å². The third-order valence-electron chi connectivity index (χ3n) is 7.80. The fraction of sp³-hybridized carbons (Fsp3) is 0.732. The Morgan fingerprint density at radius 1 is 0.426 bits per heavy atom. The van der Waals surface area contributed by atoms with Gasteiger partial charge in [0.25, 0.3) is 0 Å². The molecule has 6 heteroatoms. The minimum atomic E-state index is -0.803. The van der Waals surface area contributed by atoms with Crippen molar-refractivity contribution in [3.8, 4) is 0 Å². The maximum Gasteiger partial charge on any atom is 0.306 e. The second-order valence-electron chi connectivity index (χ2n) is 12.5. The van der Waals surface area contributed by atoms with E-state index < -0.39 is 6.10 Å². The predicted octanol–water partition coefficient (Wildman–Crippen LogP) is 11.6. The van der Waals surface area contributed by atoms with E-state index in [0.29, 0.717) is 25.7 Å². The van der Waals surface area contributed by atoms with E-state index in [2.05, 4.69) is 69.4 Å². The van der Waals surface area contributed by atoms with Crippen molar-refractivity contribution in [3.63, 3.8) is 0 Å². The van der Waals surface area contributed by atoms with Crippen LogP contribution in [0.1, 0.15) is 175 Å². The SMILES string of the molecule is CCCC/C=C\C=C/CCCCCC(=O)OCC(COC(=O)CCC/C=C\CCCCCC)OC(=O)CCC/C=C\CCCCCC. The normalized spacial score (nSPS) is 12.5. The Morgan fingerprint density at radius 2 is 0.809 bits per heavy atom. The number of unbranched alkanes of at least 4 members (excludes halogenated alkanes) is 15. The zero-order valence-electron chi connectivity index (χ0n) is 30.5. The Bertz CT molecular complexity index is 856. The van der Waals surface area contributed by atoms with Crippen LogP contribution in [0.5, 0.6) is 0 Å². The van der Waals surface area contributed by atoms with Crippen molar-refractivity contribution in [2.45, 2.75) is 181 Å². The number of rotatable bonds is 33. The first-order valence-electron chi connectivity index (χ1n) is 19.2. The second-order valence-corrected chi connectivity index (χ2v) is 12.5. The van der Waals surface area contributed by atoms with Crippen LogP contribution in [0.15, 0.2) is 48.6 Å². The van der Waals surface area contributed by atoms with E-state index in [4.69, 9.17) is 14.2 Å². The summed E-state index contributed by atoms with van der Waals surface area (Å²) in [6, 6.07) is 0. The fourth-order valence-corrected chi connectivity index (χ4v) is 4.83. The number of hydrogen-bond acceptors (Lipinski definition) is 6. The number of ether oxygens (including phenoxy) is 3. The van der Waals surface area contributed by atoms with Crippen LogP contribution < -0.4 is 0 Å². The summed E-state index contributed by atoms with van der Waals surface area (Å²) in [5.41, 5.74) is 0. The van der Waals surface area contributed by atoms with Crippen LogP contribution in [0.2, 0.25) is 0 Å². The summed E-state index contributed by atoms with van der Waals surface area (Å²) in [5.74, 6) is -1.02. The van der Waals surface area contributed by atoms with E-state index in [1.807, 2.05) is 0 Å². The molecule has 270 valence electrons. The molecule has 6 nitrogen and oxygen atoms in total. The molecule has 0 aliphatic rings. The molecule has 0 N–H and O–H groups in total. The zero-order valence-corrected chi connectivity index (χ0v) is 30.5. The molecular weight excluding hydrogens is 588 g/mol. The van der Waals surface area contributed by atoms with Crippen molar-refractivity contribution in [1.82, 2.24) is 0 Å². The highest BCUT2D eigenvalue weighted by Gasteiger charge is 2.19. The maximum absolute atomic E-state index is 12.5. The van der Waals surface area contributed by atoms with Gasteiger partial charge >= 0.3 is 17.9 Å². The van der Waals surface area contributed by atoms with Gasteiger partial charge in [-0.3, -0.25) is 14.4 Å². The monoisotopic (exact) mass is 659 g/mol. The topological polar surface area (TPSA) is 78.9 Å². The first-order valence-corrected chi connectivity index (χ1v) is 19.2. The van der Waals surface area contributed by atoms with Crippen molar-refractivity contribution in [3.05, 3.63) is 48.6 Å². The molecule has 0 spiro atoms. The lowest BCUT2D eigenvalue weighted by atomic mass is 10.1. The molecule has 0 aromatic heterocycles. The highest BCUT2D eigenvalue weighted by atomic mass is 16.6. The number of esters is 3. The smallest absolute Gasteiger partial charge is 0.306 e. The Kier molecular flexibility index (Phi) is 34.2. The van der Waals surface area contributed by atoms with Gasteiger partial charge in [0.05, 0.1) is 0 Å². The largest absolute Gasteiger partial charge is 0.462 e. The predicted molar refractivity (Wildman–Crippen MR) is 196 cm³/mol. The lowest BCUT2D eigenvalue weighted by Gasteiger charge is -2.18. The molecule has 0 radical (unpaired) electrons. The number of carbonyl (C=O) groups excluding carboxylic acids is 3. The summed E-state index contributed by atoms with van der Waals surface area (Å²) >= 11 is 0. The molecule has 47 heavy (non-hydrogen) atoms. The molecule has 0 rings (SSSR count). The molecular formula is C41H70O6.